The van der Waals surface area contributed by atoms with Crippen LogP contribution in [-0.4, -0.2) is 30.3 Å². The number of pyridine rings is 1. The van der Waals surface area contributed by atoms with Crippen LogP contribution in [0.25, 0.3) is 16.6 Å². The largest absolute Gasteiger partial charge is 0.457 e. The Labute approximate surface area is 190 Å². The molecule has 0 bridgehead atoms. The van der Waals surface area contributed by atoms with Gasteiger partial charge in [0.2, 0.25) is 0 Å². The van der Waals surface area contributed by atoms with E-state index in [2.05, 4.69) is 25.4 Å². The molecule has 0 unspecified atom stereocenters. The zero-order valence-corrected chi connectivity index (χ0v) is 18.3. The highest BCUT2D eigenvalue weighted by atomic mass is 16.5. The summed E-state index contributed by atoms with van der Waals surface area (Å²) in [7, 11) is 0. The van der Waals surface area contributed by atoms with Gasteiger partial charge in [-0.15, -0.1) is 0 Å². The first-order valence-corrected chi connectivity index (χ1v) is 10.7. The van der Waals surface area contributed by atoms with Crippen molar-refractivity contribution in [2.75, 3.05) is 5.32 Å². The summed E-state index contributed by atoms with van der Waals surface area (Å²) in [6, 6.07) is 15.4. The Morgan fingerprint density at radius 1 is 1.03 bits per heavy atom. The van der Waals surface area contributed by atoms with Gasteiger partial charge >= 0.3 is 0 Å². The molecule has 0 radical (unpaired) electrons. The number of carbonyl (C=O) groups is 1. The van der Waals surface area contributed by atoms with E-state index in [1.807, 2.05) is 68.6 Å². The number of aryl methyl sites for hydroxylation is 1. The molecule has 0 saturated heterocycles. The molecule has 0 fully saturated rings. The second kappa shape index (κ2) is 8.66. The zero-order valence-electron chi connectivity index (χ0n) is 18.3. The number of fused-ring (bicyclic) bond motifs is 2. The number of carbonyl (C=O) groups excluding carboxylic acids is 1. The Morgan fingerprint density at radius 2 is 1.94 bits per heavy atom. The van der Waals surface area contributed by atoms with Gasteiger partial charge in [0.15, 0.2) is 5.65 Å². The standard InChI is InChI=1S/C25H22N6O2/c1-3-19(32)11-17-4-6-22-21(12-17)25(28-14-26-22)30-18-5-7-23(16(2)10-18)33-20-8-9-31-24(13-20)27-15-29-31/h4-10,12-15H,3,11H2,1-2H3,(H,26,28,30). The molecule has 3 heterocycles. The molecule has 33 heavy (non-hydrogen) atoms. The molecule has 0 aliphatic rings. The van der Waals surface area contributed by atoms with E-state index in [0.29, 0.717) is 24.4 Å². The number of hydrogen-bond donors (Lipinski definition) is 1. The van der Waals surface area contributed by atoms with Gasteiger partial charge in [-0.25, -0.2) is 19.5 Å². The van der Waals surface area contributed by atoms with Crippen molar-refractivity contribution in [2.24, 2.45) is 0 Å². The highest BCUT2D eigenvalue weighted by molar-refractivity contribution is 5.92. The van der Waals surface area contributed by atoms with Crippen molar-refractivity contribution < 1.29 is 9.53 Å². The normalized spacial score (nSPS) is 11.1. The van der Waals surface area contributed by atoms with Crippen molar-refractivity contribution >= 4 is 33.8 Å². The maximum Gasteiger partial charge on any atom is 0.158 e. The highest BCUT2D eigenvalue weighted by Gasteiger charge is 2.10. The number of Topliss-reactive ketones (excluding diaryl/α,β-unsaturated/α-hetero) is 1. The Bertz CT molecular complexity index is 1480. The summed E-state index contributed by atoms with van der Waals surface area (Å²) in [5.74, 6) is 2.33. The van der Waals surface area contributed by atoms with Crippen LogP contribution in [0.4, 0.5) is 11.5 Å². The maximum atomic E-state index is 11.9. The van der Waals surface area contributed by atoms with Crippen LogP contribution in [0, 0.1) is 6.92 Å². The molecule has 2 aromatic carbocycles. The number of ether oxygens (including phenoxy) is 1. The minimum absolute atomic E-state index is 0.204. The second-order valence-electron chi connectivity index (χ2n) is 7.78. The van der Waals surface area contributed by atoms with Crippen molar-refractivity contribution in [2.45, 2.75) is 26.7 Å². The van der Waals surface area contributed by atoms with Crippen LogP contribution in [0.2, 0.25) is 0 Å². The SMILES string of the molecule is CCC(=O)Cc1ccc2ncnc(Nc3ccc(Oc4ccn5ncnc5c4)c(C)c3)c2c1. The number of ketones is 1. The fourth-order valence-corrected chi connectivity index (χ4v) is 3.63. The lowest BCUT2D eigenvalue weighted by Crippen LogP contribution is -2.01. The van der Waals surface area contributed by atoms with Gasteiger partial charge in [0.05, 0.1) is 5.52 Å². The summed E-state index contributed by atoms with van der Waals surface area (Å²) in [5, 5.41) is 8.35. The van der Waals surface area contributed by atoms with E-state index in [9.17, 15) is 4.79 Å². The van der Waals surface area contributed by atoms with Crippen molar-refractivity contribution in [3.05, 3.63) is 78.5 Å². The van der Waals surface area contributed by atoms with Crippen LogP contribution in [0.5, 0.6) is 11.5 Å². The zero-order chi connectivity index (χ0) is 22.8. The van der Waals surface area contributed by atoms with Gasteiger partial charge in [-0.1, -0.05) is 13.0 Å². The Balaban J connectivity index is 1.39. The smallest absolute Gasteiger partial charge is 0.158 e. The lowest BCUT2D eigenvalue weighted by Gasteiger charge is -2.13. The molecular weight excluding hydrogens is 416 g/mol. The Morgan fingerprint density at radius 3 is 2.79 bits per heavy atom. The first-order valence-electron chi connectivity index (χ1n) is 10.7. The minimum atomic E-state index is 0.204. The number of benzene rings is 2. The van der Waals surface area contributed by atoms with Crippen molar-refractivity contribution in [1.29, 1.82) is 0 Å². The van der Waals surface area contributed by atoms with E-state index in [-0.39, 0.29) is 5.78 Å². The maximum absolute atomic E-state index is 11.9. The predicted molar refractivity (Wildman–Crippen MR) is 126 cm³/mol. The van der Waals surface area contributed by atoms with E-state index >= 15 is 0 Å². The van der Waals surface area contributed by atoms with Crippen molar-refractivity contribution in [1.82, 2.24) is 24.6 Å². The van der Waals surface area contributed by atoms with Gasteiger partial charge in [-0.05, 0) is 54.4 Å². The van der Waals surface area contributed by atoms with Crippen LogP contribution in [-0.2, 0) is 11.2 Å². The molecular formula is C25H22N6O2. The third-order valence-corrected chi connectivity index (χ3v) is 5.41. The van der Waals surface area contributed by atoms with Crippen LogP contribution in [0.3, 0.4) is 0 Å². The van der Waals surface area contributed by atoms with Gasteiger partial charge in [0.25, 0.3) is 0 Å². The van der Waals surface area contributed by atoms with E-state index in [1.54, 1.807) is 4.52 Å². The van der Waals surface area contributed by atoms with E-state index in [4.69, 9.17) is 4.74 Å². The summed E-state index contributed by atoms with van der Waals surface area (Å²) < 4.78 is 7.74. The molecule has 0 aliphatic heterocycles. The summed E-state index contributed by atoms with van der Waals surface area (Å²) >= 11 is 0. The summed E-state index contributed by atoms with van der Waals surface area (Å²) in [5.41, 5.74) is 4.34. The highest BCUT2D eigenvalue weighted by Crippen LogP contribution is 2.30. The third-order valence-electron chi connectivity index (χ3n) is 5.41. The summed E-state index contributed by atoms with van der Waals surface area (Å²) in [4.78, 5) is 24.9. The fraction of sp³-hybridized carbons (Fsp3) is 0.160. The van der Waals surface area contributed by atoms with E-state index < -0.39 is 0 Å². The molecule has 0 spiro atoms. The summed E-state index contributed by atoms with van der Waals surface area (Å²) in [6.07, 6.45) is 5.78. The minimum Gasteiger partial charge on any atom is -0.457 e. The Kier molecular flexibility index (Phi) is 5.40. The van der Waals surface area contributed by atoms with E-state index in [0.717, 1.165) is 39.1 Å². The van der Waals surface area contributed by atoms with Crippen molar-refractivity contribution in [3.8, 4) is 11.5 Å². The van der Waals surface area contributed by atoms with Gasteiger partial charge in [-0.3, -0.25) is 4.79 Å². The number of nitrogens with one attached hydrogen (secondary N) is 1. The average Bonchev–Trinajstić information content (AvgIpc) is 3.29. The molecule has 8 heteroatoms. The topological polar surface area (TPSA) is 94.3 Å². The number of hydrogen-bond acceptors (Lipinski definition) is 7. The fourth-order valence-electron chi connectivity index (χ4n) is 3.63. The molecule has 0 amide bonds. The number of rotatable bonds is 7. The molecule has 164 valence electrons. The molecule has 5 rings (SSSR count). The molecule has 3 aromatic heterocycles. The van der Waals surface area contributed by atoms with E-state index in [1.165, 1.54) is 12.7 Å². The molecule has 0 atom stereocenters. The summed E-state index contributed by atoms with van der Waals surface area (Å²) in [6.45, 7) is 3.87. The van der Waals surface area contributed by atoms with Gasteiger partial charge in [0, 0.05) is 36.2 Å². The lowest BCUT2D eigenvalue weighted by atomic mass is 10.0. The molecule has 0 aliphatic carbocycles. The van der Waals surface area contributed by atoms with Gasteiger partial charge in [0.1, 0.15) is 35.8 Å². The molecule has 0 saturated carbocycles. The average molecular weight is 438 g/mol. The first kappa shape index (κ1) is 20.6. The molecule has 8 nitrogen and oxygen atoms in total. The van der Waals surface area contributed by atoms with Crippen LogP contribution >= 0.6 is 0 Å². The number of anilines is 2. The quantitative estimate of drug-likeness (QED) is 0.380. The lowest BCUT2D eigenvalue weighted by molar-refractivity contribution is -0.118. The first-order chi connectivity index (χ1) is 16.1. The molecule has 1 N–H and O–H groups in total. The van der Waals surface area contributed by atoms with Crippen LogP contribution in [0.1, 0.15) is 24.5 Å². The second-order valence-corrected chi connectivity index (χ2v) is 7.78. The number of aromatic nitrogens is 5. The van der Waals surface area contributed by atoms with Crippen LogP contribution < -0.4 is 10.1 Å². The van der Waals surface area contributed by atoms with Crippen molar-refractivity contribution in [3.63, 3.8) is 0 Å². The monoisotopic (exact) mass is 438 g/mol. The number of nitrogens with zero attached hydrogens (tertiary/aromatic N) is 5. The van der Waals surface area contributed by atoms with Crippen LogP contribution in [0.15, 0.2) is 67.4 Å². The third kappa shape index (κ3) is 4.36. The predicted octanol–water partition coefficient (Wildman–Crippen LogP) is 5.04. The van der Waals surface area contributed by atoms with Gasteiger partial charge in [-0.2, -0.15) is 5.10 Å². The molecule has 5 aromatic rings. The van der Waals surface area contributed by atoms with Gasteiger partial charge < -0.3 is 10.1 Å². The Hall–Kier alpha value is -4.33.